The number of aryl methyl sites for hydroxylation is 2. The Labute approximate surface area is 176 Å². The van der Waals surface area contributed by atoms with Crippen LogP contribution in [0.3, 0.4) is 0 Å². The van der Waals surface area contributed by atoms with Crippen molar-refractivity contribution in [3.05, 3.63) is 74.7 Å². The molecule has 2 N–H and O–H groups in total. The van der Waals surface area contributed by atoms with Crippen molar-refractivity contribution in [2.24, 2.45) is 0 Å². The summed E-state index contributed by atoms with van der Waals surface area (Å²) >= 11 is 0. The van der Waals surface area contributed by atoms with E-state index in [2.05, 4.69) is 20.3 Å². The number of benzene rings is 1. The molecule has 0 unspecified atom stereocenters. The van der Waals surface area contributed by atoms with Crippen LogP contribution in [-0.4, -0.2) is 42.1 Å². The molecule has 158 valence electrons. The predicted molar refractivity (Wildman–Crippen MR) is 112 cm³/mol. The van der Waals surface area contributed by atoms with Crippen molar-refractivity contribution < 1.29 is 9.18 Å². The Bertz CT molecular complexity index is 1350. The molecule has 0 bridgehead atoms. The quantitative estimate of drug-likeness (QED) is 0.531. The molecule has 0 saturated heterocycles. The number of amides is 1. The van der Waals surface area contributed by atoms with Crippen LogP contribution >= 0.6 is 0 Å². The number of nitrogens with zero attached hydrogens (tertiary/aromatic N) is 4. The highest BCUT2D eigenvalue weighted by atomic mass is 19.1. The first kappa shape index (κ1) is 19.2. The van der Waals surface area contributed by atoms with Crippen LogP contribution in [0.1, 0.15) is 28.2 Å². The number of carbonyl (C=O) groups is 1. The van der Waals surface area contributed by atoms with E-state index in [9.17, 15) is 14.0 Å². The van der Waals surface area contributed by atoms with E-state index in [0.29, 0.717) is 29.9 Å². The Hall–Kier alpha value is -3.75. The van der Waals surface area contributed by atoms with Crippen LogP contribution in [0.5, 0.6) is 0 Å². The van der Waals surface area contributed by atoms with Gasteiger partial charge in [0.25, 0.3) is 5.56 Å². The average Bonchev–Trinajstić information content (AvgIpc) is 3.33. The fraction of sp³-hybridized carbons (Fsp3) is 0.273. The van der Waals surface area contributed by atoms with E-state index in [1.165, 1.54) is 16.6 Å². The van der Waals surface area contributed by atoms with Crippen molar-refractivity contribution in [3.8, 4) is 11.3 Å². The highest BCUT2D eigenvalue weighted by Gasteiger charge is 2.26. The molecule has 0 fully saturated rings. The molecule has 8 nitrogen and oxygen atoms in total. The number of halogens is 1. The second kappa shape index (κ2) is 7.19. The van der Waals surface area contributed by atoms with Gasteiger partial charge in [0.1, 0.15) is 5.82 Å². The molecule has 0 radical (unpaired) electrons. The number of H-pyrrole nitrogens is 2. The topological polar surface area (TPSA) is 99.2 Å². The van der Waals surface area contributed by atoms with Gasteiger partial charge >= 0.3 is 0 Å². The molecule has 5 rings (SSSR count). The summed E-state index contributed by atoms with van der Waals surface area (Å²) in [6.07, 6.45) is 0.769. The van der Waals surface area contributed by atoms with Crippen LogP contribution < -0.4 is 5.56 Å². The zero-order valence-electron chi connectivity index (χ0n) is 17.2. The smallest absolute Gasteiger partial charge is 0.277 e. The number of hydrogen-bond donors (Lipinski definition) is 2. The van der Waals surface area contributed by atoms with Crippen LogP contribution in [0.15, 0.2) is 35.1 Å². The summed E-state index contributed by atoms with van der Waals surface area (Å²) in [6.45, 7) is 4.50. The highest BCUT2D eigenvalue weighted by molar-refractivity contribution is 5.79. The molecule has 1 aromatic carbocycles. The lowest BCUT2D eigenvalue weighted by Crippen LogP contribution is -2.41. The van der Waals surface area contributed by atoms with Crippen LogP contribution in [0, 0.1) is 19.7 Å². The van der Waals surface area contributed by atoms with Gasteiger partial charge in [-0.2, -0.15) is 5.10 Å². The van der Waals surface area contributed by atoms with Crippen molar-refractivity contribution in [2.45, 2.75) is 33.2 Å². The van der Waals surface area contributed by atoms with E-state index in [-0.39, 0.29) is 30.2 Å². The zero-order valence-corrected chi connectivity index (χ0v) is 17.2. The van der Waals surface area contributed by atoms with Crippen molar-refractivity contribution in [2.75, 3.05) is 6.54 Å². The summed E-state index contributed by atoms with van der Waals surface area (Å²) < 4.78 is 14.6. The first-order chi connectivity index (χ1) is 14.9. The average molecular weight is 420 g/mol. The SMILES string of the molecule is Cc1n[nH]c(C)c1CC(=O)N1CCc2nc3cc(-c4ccc(F)cc4)[nH]n3c(=O)c2C1. The van der Waals surface area contributed by atoms with Gasteiger partial charge in [0.15, 0.2) is 5.65 Å². The lowest BCUT2D eigenvalue weighted by atomic mass is 10.0. The summed E-state index contributed by atoms with van der Waals surface area (Å²) in [5.74, 6) is -0.364. The lowest BCUT2D eigenvalue weighted by molar-refractivity contribution is -0.131. The van der Waals surface area contributed by atoms with Crippen molar-refractivity contribution in [1.82, 2.24) is 29.7 Å². The van der Waals surface area contributed by atoms with Crippen LogP contribution in [0.25, 0.3) is 16.9 Å². The minimum atomic E-state index is -0.323. The summed E-state index contributed by atoms with van der Waals surface area (Å²) in [4.78, 5) is 32.4. The van der Waals surface area contributed by atoms with Gasteiger partial charge < -0.3 is 4.90 Å². The number of fused-ring (bicyclic) bond motifs is 2. The maximum atomic E-state index is 13.2. The van der Waals surface area contributed by atoms with Crippen molar-refractivity contribution in [3.63, 3.8) is 0 Å². The fourth-order valence-electron chi connectivity index (χ4n) is 4.07. The Morgan fingerprint density at radius 3 is 2.71 bits per heavy atom. The Morgan fingerprint density at radius 1 is 1.23 bits per heavy atom. The molecule has 4 aromatic rings. The molecule has 3 aromatic heterocycles. The van der Waals surface area contributed by atoms with Crippen LogP contribution in [0.2, 0.25) is 0 Å². The van der Waals surface area contributed by atoms with E-state index < -0.39 is 0 Å². The van der Waals surface area contributed by atoms with Gasteiger partial charge in [0.2, 0.25) is 5.91 Å². The molecule has 1 aliphatic heterocycles. The highest BCUT2D eigenvalue weighted by Crippen LogP contribution is 2.22. The molecule has 0 atom stereocenters. The number of hydrogen-bond acceptors (Lipinski definition) is 4. The summed E-state index contributed by atoms with van der Waals surface area (Å²) in [5.41, 5.74) is 5.54. The Kier molecular flexibility index (Phi) is 4.46. The zero-order chi connectivity index (χ0) is 21.7. The van der Waals surface area contributed by atoms with Gasteiger partial charge in [-0.1, -0.05) is 0 Å². The molecule has 4 heterocycles. The number of rotatable bonds is 3. The molecule has 0 aliphatic carbocycles. The second-order valence-electron chi connectivity index (χ2n) is 7.87. The second-order valence-corrected chi connectivity index (χ2v) is 7.87. The number of aromatic amines is 2. The van der Waals surface area contributed by atoms with Gasteiger partial charge in [-0.3, -0.25) is 19.8 Å². The largest absolute Gasteiger partial charge is 0.337 e. The first-order valence-electron chi connectivity index (χ1n) is 10.1. The third-order valence-corrected chi connectivity index (χ3v) is 5.88. The Balaban J connectivity index is 1.45. The standard InChI is InChI=1S/C22H21FN6O2/c1-12-16(13(2)26-25-12)9-21(30)28-8-7-18-17(11-28)22(31)29-20(24-18)10-19(27-29)14-3-5-15(23)6-4-14/h3-6,10,27H,7-9,11H2,1-2H3,(H,25,26). The van der Waals surface area contributed by atoms with Crippen LogP contribution in [-0.2, 0) is 24.2 Å². The molecule has 9 heteroatoms. The monoisotopic (exact) mass is 420 g/mol. The third-order valence-electron chi connectivity index (χ3n) is 5.88. The Morgan fingerprint density at radius 2 is 2.00 bits per heavy atom. The maximum Gasteiger partial charge on any atom is 0.277 e. The molecule has 31 heavy (non-hydrogen) atoms. The minimum absolute atomic E-state index is 0.0405. The lowest BCUT2D eigenvalue weighted by Gasteiger charge is -2.27. The fourth-order valence-corrected chi connectivity index (χ4v) is 4.07. The van der Waals surface area contributed by atoms with E-state index in [1.54, 1.807) is 23.1 Å². The number of carbonyl (C=O) groups excluding carboxylic acids is 1. The minimum Gasteiger partial charge on any atom is -0.337 e. The van der Waals surface area contributed by atoms with Crippen LogP contribution in [0.4, 0.5) is 4.39 Å². The molecule has 0 saturated carbocycles. The normalized spacial score (nSPS) is 13.6. The number of nitrogens with one attached hydrogen (secondary N) is 2. The maximum absolute atomic E-state index is 13.2. The molecule has 1 amide bonds. The molecule has 0 spiro atoms. The van der Waals surface area contributed by atoms with Crippen molar-refractivity contribution >= 4 is 11.6 Å². The van der Waals surface area contributed by atoms with Gasteiger partial charge in [-0.15, -0.1) is 0 Å². The molecule has 1 aliphatic rings. The number of aromatic nitrogens is 5. The predicted octanol–water partition coefficient (Wildman–Crippen LogP) is 2.30. The molecular weight excluding hydrogens is 399 g/mol. The summed E-state index contributed by atoms with van der Waals surface area (Å²) in [7, 11) is 0. The van der Waals surface area contributed by atoms with Gasteiger partial charge in [-0.25, -0.2) is 13.9 Å². The summed E-state index contributed by atoms with van der Waals surface area (Å²) in [5, 5.41) is 10.1. The van der Waals surface area contributed by atoms with E-state index in [1.807, 2.05) is 13.8 Å². The van der Waals surface area contributed by atoms with E-state index >= 15 is 0 Å². The third kappa shape index (κ3) is 3.31. The summed E-state index contributed by atoms with van der Waals surface area (Å²) in [6, 6.07) is 7.80. The van der Waals surface area contributed by atoms with E-state index in [0.717, 1.165) is 28.2 Å². The van der Waals surface area contributed by atoms with Gasteiger partial charge in [-0.05, 0) is 43.7 Å². The van der Waals surface area contributed by atoms with Gasteiger partial charge in [0, 0.05) is 30.3 Å². The van der Waals surface area contributed by atoms with Gasteiger partial charge in [0.05, 0.1) is 35.6 Å². The molecular formula is C22H21FN6O2. The van der Waals surface area contributed by atoms with Crippen molar-refractivity contribution in [1.29, 1.82) is 0 Å². The first-order valence-corrected chi connectivity index (χ1v) is 10.1. The van der Waals surface area contributed by atoms with E-state index in [4.69, 9.17) is 0 Å².